The number of nitriles is 2. The molecule has 1 amide bonds. The van der Waals surface area contributed by atoms with Crippen molar-refractivity contribution < 1.29 is 4.79 Å². The molecule has 1 aliphatic carbocycles. The molecule has 5 heteroatoms. The SMILES string of the molecule is N#Cc1ccc(NC(=O)C2CCCCCC2N)cc1C#N. The van der Waals surface area contributed by atoms with Crippen LogP contribution in [0.25, 0.3) is 0 Å². The highest BCUT2D eigenvalue weighted by Crippen LogP contribution is 2.24. The summed E-state index contributed by atoms with van der Waals surface area (Å²) in [7, 11) is 0. The lowest BCUT2D eigenvalue weighted by atomic mass is 9.94. The Balaban J connectivity index is 2.12. The molecular weight excluding hydrogens is 264 g/mol. The summed E-state index contributed by atoms with van der Waals surface area (Å²) in [5.74, 6) is -0.285. The summed E-state index contributed by atoms with van der Waals surface area (Å²) < 4.78 is 0. The topological polar surface area (TPSA) is 103 Å². The summed E-state index contributed by atoms with van der Waals surface area (Å²) in [5, 5.41) is 20.7. The first-order valence-electron chi connectivity index (χ1n) is 7.16. The molecule has 0 aromatic heterocycles. The van der Waals surface area contributed by atoms with Crippen molar-refractivity contribution in [1.82, 2.24) is 0 Å². The van der Waals surface area contributed by atoms with Crippen LogP contribution in [0.1, 0.15) is 43.2 Å². The zero-order valence-corrected chi connectivity index (χ0v) is 11.8. The zero-order valence-electron chi connectivity index (χ0n) is 11.8. The number of hydrogen-bond donors (Lipinski definition) is 2. The lowest BCUT2D eigenvalue weighted by Crippen LogP contribution is -2.37. The maximum atomic E-state index is 12.3. The average Bonchev–Trinajstić information content (AvgIpc) is 2.71. The summed E-state index contributed by atoms with van der Waals surface area (Å²) in [4.78, 5) is 12.3. The van der Waals surface area contributed by atoms with E-state index in [4.69, 9.17) is 16.3 Å². The van der Waals surface area contributed by atoms with Crippen LogP contribution in [0.2, 0.25) is 0 Å². The van der Waals surface area contributed by atoms with Crippen molar-refractivity contribution in [3.05, 3.63) is 29.3 Å². The van der Waals surface area contributed by atoms with Gasteiger partial charge in [0.15, 0.2) is 0 Å². The van der Waals surface area contributed by atoms with Gasteiger partial charge in [0.05, 0.1) is 17.0 Å². The van der Waals surface area contributed by atoms with E-state index in [0.717, 1.165) is 32.1 Å². The number of carbonyl (C=O) groups excluding carboxylic acids is 1. The number of nitrogens with one attached hydrogen (secondary N) is 1. The van der Waals surface area contributed by atoms with Crippen molar-refractivity contribution in [2.45, 2.75) is 38.1 Å². The first-order valence-corrected chi connectivity index (χ1v) is 7.16. The lowest BCUT2D eigenvalue weighted by Gasteiger charge is -2.20. The van der Waals surface area contributed by atoms with E-state index in [1.165, 1.54) is 6.07 Å². The molecule has 2 rings (SSSR count). The van der Waals surface area contributed by atoms with Crippen molar-refractivity contribution >= 4 is 11.6 Å². The van der Waals surface area contributed by atoms with E-state index >= 15 is 0 Å². The van der Waals surface area contributed by atoms with Gasteiger partial charge in [-0.2, -0.15) is 10.5 Å². The molecule has 5 nitrogen and oxygen atoms in total. The van der Waals surface area contributed by atoms with E-state index in [-0.39, 0.29) is 23.4 Å². The molecule has 21 heavy (non-hydrogen) atoms. The second kappa shape index (κ2) is 6.88. The first-order chi connectivity index (χ1) is 10.2. The maximum absolute atomic E-state index is 12.3. The molecule has 0 spiro atoms. The molecule has 0 saturated heterocycles. The third-order valence-corrected chi connectivity index (χ3v) is 3.93. The molecule has 0 aliphatic heterocycles. The number of nitrogens with two attached hydrogens (primary N) is 1. The van der Waals surface area contributed by atoms with Gasteiger partial charge in [-0.3, -0.25) is 4.79 Å². The molecule has 108 valence electrons. The van der Waals surface area contributed by atoms with E-state index in [1.54, 1.807) is 12.1 Å². The minimum absolute atomic E-state index is 0.0991. The lowest BCUT2D eigenvalue weighted by molar-refractivity contribution is -0.120. The van der Waals surface area contributed by atoms with Gasteiger partial charge in [0.25, 0.3) is 0 Å². The average molecular weight is 282 g/mol. The minimum Gasteiger partial charge on any atom is -0.327 e. The summed E-state index contributed by atoms with van der Waals surface area (Å²) >= 11 is 0. The highest BCUT2D eigenvalue weighted by molar-refractivity contribution is 5.93. The highest BCUT2D eigenvalue weighted by atomic mass is 16.1. The molecule has 1 fully saturated rings. The number of anilines is 1. The molecule has 0 radical (unpaired) electrons. The van der Waals surface area contributed by atoms with E-state index in [0.29, 0.717) is 11.3 Å². The predicted molar refractivity (Wildman–Crippen MR) is 79.1 cm³/mol. The van der Waals surface area contributed by atoms with Crippen LogP contribution in [-0.2, 0) is 4.79 Å². The van der Waals surface area contributed by atoms with Crippen molar-refractivity contribution in [2.75, 3.05) is 5.32 Å². The summed E-state index contributed by atoms with van der Waals surface area (Å²) in [6.45, 7) is 0. The summed E-state index contributed by atoms with van der Waals surface area (Å²) in [5.41, 5.74) is 7.18. The Morgan fingerprint density at radius 2 is 1.86 bits per heavy atom. The number of nitrogens with zero attached hydrogens (tertiary/aromatic N) is 2. The van der Waals surface area contributed by atoms with Gasteiger partial charge >= 0.3 is 0 Å². The molecule has 1 aromatic carbocycles. The van der Waals surface area contributed by atoms with Crippen LogP contribution < -0.4 is 11.1 Å². The second-order valence-electron chi connectivity index (χ2n) is 5.38. The fourth-order valence-corrected chi connectivity index (χ4v) is 2.71. The van der Waals surface area contributed by atoms with Crippen molar-refractivity contribution in [3.8, 4) is 12.1 Å². The first kappa shape index (κ1) is 15.0. The number of carbonyl (C=O) groups is 1. The number of hydrogen-bond acceptors (Lipinski definition) is 4. The van der Waals surface area contributed by atoms with Crippen molar-refractivity contribution in [1.29, 1.82) is 10.5 Å². The Kier molecular flexibility index (Phi) is 4.92. The minimum atomic E-state index is -0.186. The predicted octanol–water partition coefficient (Wildman–Crippen LogP) is 2.28. The normalized spacial score (nSPS) is 21.7. The molecular formula is C16H18N4O. The Labute approximate surface area is 124 Å². The van der Waals surface area contributed by atoms with Gasteiger partial charge < -0.3 is 11.1 Å². The van der Waals surface area contributed by atoms with E-state index in [1.807, 2.05) is 12.1 Å². The third kappa shape index (κ3) is 3.59. The van der Waals surface area contributed by atoms with Crippen LogP contribution in [0.5, 0.6) is 0 Å². The van der Waals surface area contributed by atoms with E-state index < -0.39 is 0 Å². The molecule has 3 N–H and O–H groups in total. The van der Waals surface area contributed by atoms with Gasteiger partial charge in [0.2, 0.25) is 5.91 Å². The smallest absolute Gasteiger partial charge is 0.229 e. The number of amides is 1. The van der Waals surface area contributed by atoms with Crippen LogP contribution >= 0.6 is 0 Å². The zero-order chi connectivity index (χ0) is 15.2. The molecule has 2 atom stereocenters. The Morgan fingerprint density at radius 1 is 1.14 bits per heavy atom. The van der Waals surface area contributed by atoms with Crippen LogP contribution in [-0.4, -0.2) is 11.9 Å². The Hall–Kier alpha value is -2.37. The van der Waals surface area contributed by atoms with Crippen molar-refractivity contribution in [3.63, 3.8) is 0 Å². The van der Waals surface area contributed by atoms with Gasteiger partial charge in [-0.15, -0.1) is 0 Å². The molecule has 2 unspecified atom stereocenters. The maximum Gasteiger partial charge on any atom is 0.229 e. The van der Waals surface area contributed by atoms with Crippen LogP contribution in [0.3, 0.4) is 0 Å². The summed E-state index contributed by atoms with van der Waals surface area (Å²) in [6, 6.07) is 8.51. The number of rotatable bonds is 2. The van der Waals surface area contributed by atoms with Crippen LogP contribution in [0.15, 0.2) is 18.2 Å². The molecule has 1 aromatic rings. The molecule has 1 aliphatic rings. The van der Waals surface area contributed by atoms with Gasteiger partial charge in [0, 0.05) is 11.7 Å². The number of benzene rings is 1. The molecule has 1 saturated carbocycles. The van der Waals surface area contributed by atoms with Gasteiger partial charge in [-0.05, 0) is 31.0 Å². The van der Waals surface area contributed by atoms with Crippen LogP contribution in [0, 0.1) is 28.6 Å². The van der Waals surface area contributed by atoms with Crippen LogP contribution in [0.4, 0.5) is 5.69 Å². The monoisotopic (exact) mass is 282 g/mol. The largest absolute Gasteiger partial charge is 0.327 e. The Morgan fingerprint density at radius 3 is 2.57 bits per heavy atom. The summed E-state index contributed by atoms with van der Waals surface area (Å²) in [6.07, 6.45) is 4.87. The van der Waals surface area contributed by atoms with Crippen molar-refractivity contribution in [2.24, 2.45) is 11.7 Å². The molecule has 0 bridgehead atoms. The molecule has 0 heterocycles. The van der Waals surface area contributed by atoms with E-state index in [2.05, 4.69) is 5.32 Å². The van der Waals surface area contributed by atoms with Gasteiger partial charge in [0.1, 0.15) is 12.1 Å². The third-order valence-electron chi connectivity index (χ3n) is 3.93. The Bertz CT molecular complexity index is 612. The quantitative estimate of drug-likeness (QED) is 0.812. The van der Waals surface area contributed by atoms with Gasteiger partial charge in [-0.1, -0.05) is 19.3 Å². The fraction of sp³-hybridized carbons (Fsp3) is 0.438. The van der Waals surface area contributed by atoms with Gasteiger partial charge in [-0.25, -0.2) is 0 Å². The second-order valence-corrected chi connectivity index (χ2v) is 5.38. The van der Waals surface area contributed by atoms with E-state index in [9.17, 15) is 4.79 Å². The fourth-order valence-electron chi connectivity index (χ4n) is 2.71. The standard InChI is InChI=1S/C16H18N4O/c17-9-11-6-7-13(8-12(11)10-18)20-16(21)14-4-2-1-3-5-15(14)19/h6-8,14-15H,1-5,19H2,(H,20,21). The highest BCUT2D eigenvalue weighted by Gasteiger charge is 2.27.